The molecule has 142 valence electrons. The fourth-order valence-corrected chi connectivity index (χ4v) is 3.36. The van der Waals surface area contributed by atoms with Crippen LogP contribution in [0.2, 0.25) is 0 Å². The van der Waals surface area contributed by atoms with Gasteiger partial charge in [0.2, 0.25) is 5.91 Å². The van der Waals surface area contributed by atoms with Gasteiger partial charge in [0.25, 0.3) is 0 Å². The molecule has 3 rings (SSSR count). The van der Waals surface area contributed by atoms with E-state index in [1.54, 1.807) is 4.90 Å². The maximum absolute atomic E-state index is 12.4. The topological polar surface area (TPSA) is 65.1 Å². The summed E-state index contributed by atoms with van der Waals surface area (Å²) in [5.41, 5.74) is 1.29. The Morgan fingerprint density at radius 2 is 1.69 bits per heavy atom. The Morgan fingerprint density at radius 1 is 0.923 bits per heavy atom. The number of carbonyl (C=O) groups excluding carboxylic acids is 2. The lowest BCUT2D eigenvalue weighted by Gasteiger charge is -2.27. The first-order valence-electron chi connectivity index (χ1n) is 9.37. The van der Waals surface area contributed by atoms with Crippen molar-refractivity contribution in [2.24, 2.45) is 0 Å². The van der Waals surface area contributed by atoms with E-state index in [1.165, 1.54) is 5.56 Å². The highest BCUT2D eigenvalue weighted by molar-refractivity contribution is 5.84. The zero-order valence-electron chi connectivity index (χ0n) is 15.2. The van der Waals surface area contributed by atoms with Crippen LogP contribution in [0.25, 0.3) is 0 Å². The Kier molecular flexibility index (Phi) is 6.85. The van der Waals surface area contributed by atoms with E-state index in [1.807, 2.05) is 11.0 Å². The summed E-state index contributed by atoms with van der Waals surface area (Å²) in [6.07, 6.45) is 0.942. The number of nitrogens with zero attached hydrogens (tertiary/aromatic N) is 3. The van der Waals surface area contributed by atoms with Crippen molar-refractivity contribution in [1.82, 2.24) is 20.0 Å². The number of carbonyl (C=O) groups is 2. The molecule has 7 heteroatoms. The highest BCUT2D eigenvalue weighted by Gasteiger charge is 2.21. The fourth-order valence-electron chi connectivity index (χ4n) is 3.36. The fraction of sp³-hybridized carbons (Fsp3) is 0.579. The number of hydrogen-bond acceptors (Lipinski definition) is 4. The van der Waals surface area contributed by atoms with Crippen molar-refractivity contribution >= 4 is 11.9 Å². The van der Waals surface area contributed by atoms with Crippen LogP contribution < -0.4 is 5.32 Å². The standard InChI is InChI=1S/C19H28N4O3/c24-18(22-11-13-26-14-12-22)15-20-19(25)23-8-4-7-21(9-10-23)16-17-5-2-1-3-6-17/h1-3,5-6H,4,7-16H2,(H,20,25). The van der Waals surface area contributed by atoms with Gasteiger partial charge in [0.1, 0.15) is 0 Å². The molecule has 1 aromatic carbocycles. The third kappa shape index (κ3) is 5.44. The van der Waals surface area contributed by atoms with Crippen LogP contribution in [0.3, 0.4) is 0 Å². The van der Waals surface area contributed by atoms with Crippen molar-refractivity contribution in [3.8, 4) is 0 Å². The van der Waals surface area contributed by atoms with E-state index < -0.39 is 0 Å². The number of nitrogens with one attached hydrogen (secondary N) is 1. The first kappa shape index (κ1) is 18.7. The van der Waals surface area contributed by atoms with Crippen LogP contribution in [0.5, 0.6) is 0 Å². The van der Waals surface area contributed by atoms with Crippen molar-refractivity contribution in [2.45, 2.75) is 13.0 Å². The Bertz CT molecular complexity index is 590. The summed E-state index contributed by atoms with van der Waals surface area (Å²) in [5.74, 6) is -0.0397. The van der Waals surface area contributed by atoms with E-state index in [-0.39, 0.29) is 18.5 Å². The summed E-state index contributed by atoms with van der Waals surface area (Å²) in [6, 6.07) is 10.2. The maximum Gasteiger partial charge on any atom is 0.317 e. The lowest BCUT2D eigenvalue weighted by molar-refractivity contribution is -0.134. The second-order valence-electron chi connectivity index (χ2n) is 6.75. The largest absolute Gasteiger partial charge is 0.378 e. The van der Waals surface area contributed by atoms with Crippen molar-refractivity contribution in [3.63, 3.8) is 0 Å². The van der Waals surface area contributed by atoms with E-state index in [2.05, 4.69) is 34.5 Å². The summed E-state index contributed by atoms with van der Waals surface area (Å²) in [4.78, 5) is 30.5. The molecule has 0 atom stereocenters. The summed E-state index contributed by atoms with van der Waals surface area (Å²) < 4.78 is 5.24. The van der Waals surface area contributed by atoms with Crippen LogP contribution in [0.4, 0.5) is 4.79 Å². The molecule has 1 N–H and O–H groups in total. The lowest BCUT2D eigenvalue weighted by Crippen LogP contribution is -2.48. The van der Waals surface area contributed by atoms with Crippen molar-refractivity contribution < 1.29 is 14.3 Å². The Labute approximate surface area is 154 Å². The van der Waals surface area contributed by atoms with Crippen LogP contribution in [0, 0.1) is 0 Å². The molecule has 0 spiro atoms. The van der Waals surface area contributed by atoms with Crippen LogP contribution in [0.1, 0.15) is 12.0 Å². The predicted octanol–water partition coefficient (Wildman–Crippen LogP) is 0.763. The number of rotatable bonds is 4. The van der Waals surface area contributed by atoms with Gasteiger partial charge in [0.15, 0.2) is 0 Å². The molecule has 0 unspecified atom stereocenters. The van der Waals surface area contributed by atoms with E-state index >= 15 is 0 Å². The number of ether oxygens (including phenoxy) is 1. The van der Waals surface area contributed by atoms with Gasteiger partial charge in [-0.15, -0.1) is 0 Å². The summed E-state index contributed by atoms with van der Waals surface area (Å²) in [7, 11) is 0. The van der Waals surface area contributed by atoms with Gasteiger partial charge in [-0.3, -0.25) is 9.69 Å². The molecule has 0 radical (unpaired) electrons. The Balaban J connectivity index is 1.41. The SMILES string of the molecule is O=C(CNC(=O)N1CCCN(Cc2ccccc2)CC1)N1CCOCC1. The minimum absolute atomic E-state index is 0.0397. The smallest absolute Gasteiger partial charge is 0.317 e. The summed E-state index contributed by atoms with van der Waals surface area (Å²) in [5, 5.41) is 2.78. The van der Waals surface area contributed by atoms with E-state index in [0.717, 1.165) is 32.6 Å². The number of benzene rings is 1. The molecule has 2 aliphatic heterocycles. The first-order chi connectivity index (χ1) is 12.7. The van der Waals surface area contributed by atoms with Crippen LogP contribution >= 0.6 is 0 Å². The quantitative estimate of drug-likeness (QED) is 0.861. The van der Waals surface area contributed by atoms with Gasteiger partial charge in [-0.1, -0.05) is 30.3 Å². The molecular weight excluding hydrogens is 332 g/mol. The highest BCUT2D eigenvalue weighted by Crippen LogP contribution is 2.09. The van der Waals surface area contributed by atoms with Gasteiger partial charge in [0.05, 0.1) is 19.8 Å². The average Bonchev–Trinajstić information content (AvgIpc) is 2.93. The third-order valence-electron chi connectivity index (χ3n) is 4.88. The molecule has 0 saturated carbocycles. The number of amides is 3. The van der Waals surface area contributed by atoms with Gasteiger partial charge >= 0.3 is 6.03 Å². The molecular formula is C19H28N4O3. The molecule has 2 aliphatic rings. The van der Waals surface area contributed by atoms with Crippen LogP contribution in [0.15, 0.2) is 30.3 Å². The van der Waals surface area contributed by atoms with E-state index in [0.29, 0.717) is 32.8 Å². The molecule has 0 aromatic heterocycles. The average molecular weight is 360 g/mol. The van der Waals surface area contributed by atoms with Gasteiger partial charge in [-0.2, -0.15) is 0 Å². The van der Waals surface area contributed by atoms with Crippen molar-refractivity contribution in [1.29, 1.82) is 0 Å². The number of hydrogen-bond donors (Lipinski definition) is 1. The number of urea groups is 1. The van der Waals surface area contributed by atoms with Gasteiger partial charge in [-0.25, -0.2) is 4.79 Å². The normalized spacial score (nSPS) is 19.1. The summed E-state index contributed by atoms with van der Waals surface area (Å²) in [6.45, 7) is 6.55. The molecule has 3 amide bonds. The molecule has 2 fully saturated rings. The van der Waals surface area contributed by atoms with Crippen molar-refractivity contribution in [3.05, 3.63) is 35.9 Å². The minimum atomic E-state index is -0.145. The van der Waals surface area contributed by atoms with Crippen molar-refractivity contribution in [2.75, 3.05) is 59.0 Å². The second-order valence-corrected chi connectivity index (χ2v) is 6.75. The maximum atomic E-state index is 12.4. The molecule has 0 bridgehead atoms. The molecule has 0 aliphatic carbocycles. The van der Waals surface area contributed by atoms with Crippen LogP contribution in [-0.4, -0.2) is 85.7 Å². The van der Waals surface area contributed by atoms with Gasteiger partial charge in [-0.05, 0) is 12.0 Å². The molecule has 2 saturated heterocycles. The zero-order valence-corrected chi connectivity index (χ0v) is 15.2. The third-order valence-corrected chi connectivity index (χ3v) is 4.88. The van der Waals surface area contributed by atoms with Crippen LogP contribution in [-0.2, 0) is 16.1 Å². The summed E-state index contributed by atoms with van der Waals surface area (Å²) >= 11 is 0. The highest BCUT2D eigenvalue weighted by atomic mass is 16.5. The Morgan fingerprint density at radius 3 is 2.46 bits per heavy atom. The molecule has 2 heterocycles. The van der Waals surface area contributed by atoms with Gasteiger partial charge < -0.3 is 19.9 Å². The second kappa shape index (κ2) is 9.54. The van der Waals surface area contributed by atoms with Gasteiger partial charge in [0, 0.05) is 45.8 Å². The number of morpholine rings is 1. The zero-order chi connectivity index (χ0) is 18.2. The molecule has 7 nitrogen and oxygen atoms in total. The Hall–Kier alpha value is -2.12. The molecule has 1 aromatic rings. The van der Waals surface area contributed by atoms with E-state index in [9.17, 15) is 9.59 Å². The predicted molar refractivity (Wildman–Crippen MR) is 98.7 cm³/mol. The minimum Gasteiger partial charge on any atom is -0.378 e. The monoisotopic (exact) mass is 360 g/mol. The first-order valence-corrected chi connectivity index (χ1v) is 9.37. The lowest BCUT2D eigenvalue weighted by atomic mass is 10.2. The van der Waals surface area contributed by atoms with E-state index in [4.69, 9.17) is 4.74 Å². The molecule has 26 heavy (non-hydrogen) atoms.